The minimum atomic E-state index is -5.02. The van der Waals surface area contributed by atoms with Crippen molar-refractivity contribution in [3.63, 3.8) is 0 Å². The molecule has 2 aliphatic rings. The molecule has 0 N–H and O–H groups in total. The van der Waals surface area contributed by atoms with Gasteiger partial charge in [-0.2, -0.15) is 31.6 Å². The number of aromatic nitrogens is 1. The van der Waals surface area contributed by atoms with Crippen molar-refractivity contribution < 1.29 is 40.7 Å². The van der Waals surface area contributed by atoms with E-state index in [4.69, 9.17) is 4.74 Å². The number of pyridine rings is 1. The van der Waals surface area contributed by atoms with Gasteiger partial charge in [0.2, 0.25) is 5.91 Å². The summed E-state index contributed by atoms with van der Waals surface area (Å²) >= 11 is 0. The summed E-state index contributed by atoms with van der Waals surface area (Å²) in [5.41, 5.74) is -0.991. The number of aryl methyl sites for hydroxylation is 1. The molecule has 1 amide bonds. The minimum Gasteiger partial charge on any atom is -0.466 e. The zero-order valence-electron chi connectivity index (χ0n) is 27.6. The Morgan fingerprint density at radius 1 is 1.04 bits per heavy atom. The fourth-order valence-electron chi connectivity index (χ4n) is 6.63. The van der Waals surface area contributed by atoms with Crippen LogP contribution in [0.2, 0.25) is 0 Å². The van der Waals surface area contributed by atoms with Crippen LogP contribution in [0.5, 0.6) is 0 Å². The van der Waals surface area contributed by atoms with Gasteiger partial charge in [0.1, 0.15) is 6.07 Å². The molecule has 0 bridgehead atoms. The van der Waals surface area contributed by atoms with Gasteiger partial charge in [-0.3, -0.25) is 9.59 Å². The molecule has 1 fully saturated rings. The molecule has 2 aliphatic carbocycles. The number of esters is 1. The Bertz CT molecular complexity index is 1640. The number of nitrogens with zero attached hydrogens (tertiary/aromatic N) is 3. The zero-order valence-corrected chi connectivity index (χ0v) is 27.6. The number of carbonyl (C=O) groups is 2. The van der Waals surface area contributed by atoms with E-state index in [1.54, 1.807) is 13.0 Å². The van der Waals surface area contributed by atoms with E-state index in [2.05, 4.69) is 11.1 Å². The number of anilines is 1. The molecule has 2 aromatic rings. The number of benzene rings is 1. The maximum atomic E-state index is 14.2. The van der Waals surface area contributed by atoms with Crippen molar-refractivity contribution in [3.8, 4) is 17.2 Å². The van der Waals surface area contributed by atoms with E-state index in [1.165, 1.54) is 20.9 Å². The van der Waals surface area contributed by atoms with Crippen molar-refractivity contribution >= 4 is 17.6 Å². The summed E-state index contributed by atoms with van der Waals surface area (Å²) in [4.78, 5) is 32.0. The van der Waals surface area contributed by atoms with Crippen LogP contribution in [0.4, 0.5) is 32.0 Å². The second kappa shape index (κ2) is 14.1. The quantitative estimate of drug-likeness (QED) is 0.206. The molecule has 12 heteroatoms. The summed E-state index contributed by atoms with van der Waals surface area (Å²) in [5, 5.41) is 10.3. The van der Waals surface area contributed by atoms with Crippen LogP contribution >= 0.6 is 0 Å². The molecule has 0 aliphatic heterocycles. The van der Waals surface area contributed by atoms with Crippen molar-refractivity contribution in [1.29, 1.82) is 5.26 Å². The first kappa shape index (κ1) is 36.7. The van der Waals surface area contributed by atoms with Crippen molar-refractivity contribution in [2.24, 2.45) is 17.3 Å². The number of hydrogen-bond acceptors (Lipinski definition) is 5. The van der Waals surface area contributed by atoms with E-state index in [0.717, 1.165) is 23.3 Å². The number of alkyl halides is 6. The predicted molar refractivity (Wildman–Crippen MR) is 169 cm³/mol. The first-order valence-electron chi connectivity index (χ1n) is 15.9. The number of rotatable bonds is 8. The summed E-state index contributed by atoms with van der Waals surface area (Å²) in [5.74, 6) is -3.35. The fraction of sp³-hybridized carbons (Fsp3) is 0.500. The average molecular weight is 676 g/mol. The SMILES string of the molecule is CCOC(=O)CC1CCC(c2cc(-c3ccccc3C)c(N(C)C(=O)C(C)(C)C3=CC(C(F)(F)F)CC(C(F)(F)F)=C3)c(C#N)n2)CC1. The van der Waals surface area contributed by atoms with Crippen molar-refractivity contribution in [3.05, 3.63) is 70.6 Å². The molecule has 258 valence electrons. The molecule has 48 heavy (non-hydrogen) atoms. The maximum Gasteiger partial charge on any atom is 0.412 e. The lowest BCUT2D eigenvalue weighted by Crippen LogP contribution is -2.41. The van der Waals surface area contributed by atoms with Crippen LogP contribution in [-0.4, -0.2) is 42.9 Å². The van der Waals surface area contributed by atoms with E-state index in [0.29, 0.717) is 54.8 Å². The highest BCUT2D eigenvalue weighted by Crippen LogP contribution is 2.47. The van der Waals surface area contributed by atoms with Crippen molar-refractivity contribution in [1.82, 2.24) is 4.98 Å². The van der Waals surface area contributed by atoms with Gasteiger partial charge in [0.05, 0.1) is 23.6 Å². The highest BCUT2D eigenvalue weighted by molar-refractivity contribution is 6.03. The van der Waals surface area contributed by atoms with E-state index >= 15 is 0 Å². The van der Waals surface area contributed by atoms with Gasteiger partial charge < -0.3 is 9.64 Å². The van der Waals surface area contributed by atoms with E-state index < -0.39 is 47.2 Å². The monoisotopic (exact) mass is 675 g/mol. The number of amides is 1. The lowest BCUT2D eigenvalue weighted by molar-refractivity contribution is -0.166. The molecule has 1 unspecified atom stereocenters. The molecule has 1 aromatic carbocycles. The summed E-state index contributed by atoms with van der Waals surface area (Å²) < 4.78 is 87.6. The summed E-state index contributed by atoms with van der Waals surface area (Å²) in [6.45, 7) is 6.47. The molecular formula is C36H39F6N3O3. The summed E-state index contributed by atoms with van der Waals surface area (Å²) in [7, 11) is 1.35. The lowest BCUT2D eigenvalue weighted by Gasteiger charge is -2.35. The average Bonchev–Trinajstić information content (AvgIpc) is 3.03. The second-order valence-corrected chi connectivity index (χ2v) is 13.1. The topological polar surface area (TPSA) is 83.3 Å². The first-order chi connectivity index (χ1) is 22.4. The van der Waals surface area contributed by atoms with Crippen LogP contribution in [0.15, 0.2) is 53.6 Å². The number of nitriles is 1. The summed E-state index contributed by atoms with van der Waals surface area (Å²) in [6.07, 6.45) is -6.68. The van der Waals surface area contributed by atoms with Crippen LogP contribution < -0.4 is 4.90 Å². The summed E-state index contributed by atoms with van der Waals surface area (Å²) in [6, 6.07) is 11.2. The Balaban J connectivity index is 1.77. The standard InChI is InChI=1S/C36H39F6N3O3/c1-6-48-31(46)15-22-11-13-23(14-12-22)29-19-28(27-10-8-7-9-21(27)2)32(30(20-43)44-29)45(5)33(47)34(3,4)24-16-25(35(37,38)39)18-26(17-24)36(40,41)42/h7-10,16-17,19,22-23,25H,6,11-15,18H2,1-5H3. The molecule has 0 radical (unpaired) electrons. The van der Waals surface area contributed by atoms with Gasteiger partial charge in [-0.05, 0) is 88.5 Å². The molecule has 1 aromatic heterocycles. The van der Waals surface area contributed by atoms with Gasteiger partial charge in [0.15, 0.2) is 5.69 Å². The number of hydrogen-bond donors (Lipinski definition) is 0. The fourth-order valence-corrected chi connectivity index (χ4v) is 6.63. The number of carbonyl (C=O) groups excluding carboxylic acids is 2. The Morgan fingerprint density at radius 2 is 1.69 bits per heavy atom. The normalized spacial score (nSPS) is 20.3. The second-order valence-electron chi connectivity index (χ2n) is 13.1. The van der Waals surface area contributed by atoms with E-state index in [1.807, 2.05) is 31.2 Å². The largest absolute Gasteiger partial charge is 0.466 e. The maximum absolute atomic E-state index is 14.2. The third-order valence-electron chi connectivity index (χ3n) is 9.41. The molecule has 1 saturated carbocycles. The molecule has 1 heterocycles. The Kier molecular flexibility index (Phi) is 10.8. The van der Waals surface area contributed by atoms with Crippen LogP contribution in [0.3, 0.4) is 0 Å². The molecule has 4 rings (SSSR count). The highest BCUT2D eigenvalue weighted by atomic mass is 19.4. The third kappa shape index (κ3) is 7.93. The van der Waals surface area contributed by atoms with E-state index in [9.17, 15) is 41.2 Å². The van der Waals surface area contributed by atoms with Crippen LogP contribution in [0, 0.1) is 35.5 Å². The molecule has 0 saturated heterocycles. The van der Waals surface area contributed by atoms with Crippen LogP contribution in [-0.2, 0) is 14.3 Å². The lowest BCUT2D eigenvalue weighted by atomic mass is 9.76. The zero-order chi connectivity index (χ0) is 35.6. The molecule has 0 spiro atoms. The number of ether oxygens (including phenoxy) is 1. The van der Waals surface area contributed by atoms with Gasteiger partial charge in [0, 0.05) is 36.2 Å². The number of halogens is 6. The molecular weight excluding hydrogens is 636 g/mol. The first-order valence-corrected chi connectivity index (χ1v) is 15.9. The number of allylic oxidation sites excluding steroid dienone is 3. The van der Waals surface area contributed by atoms with Gasteiger partial charge >= 0.3 is 18.3 Å². The third-order valence-corrected chi connectivity index (χ3v) is 9.41. The predicted octanol–water partition coefficient (Wildman–Crippen LogP) is 9.14. The Hall–Kier alpha value is -4.14. The van der Waals surface area contributed by atoms with Crippen LogP contribution in [0.25, 0.3) is 11.1 Å². The van der Waals surface area contributed by atoms with Gasteiger partial charge in [-0.25, -0.2) is 4.98 Å². The van der Waals surface area contributed by atoms with Gasteiger partial charge in [-0.15, -0.1) is 0 Å². The Labute approximate surface area is 276 Å². The van der Waals surface area contributed by atoms with Crippen LogP contribution in [0.1, 0.15) is 82.2 Å². The molecule has 1 atom stereocenters. The smallest absolute Gasteiger partial charge is 0.412 e. The van der Waals surface area contributed by atoms with Gasteiger partial charge in [0.25, 0.3) is 0 Å². The van der Waals surface area contributed by atoms with Gasteiger partial charge in [-0.1, -0.05) is 36.4 Å². The minimum absolute atomic E-state index is 0.0394. The molecule has 6 nitrogen and oxygen atoms in total. The highest BCUT2D eigenvalue weighted by Gasteiger charge is 2.48. The van der Waals surface area contributed by atoms with E-state index in [-0.39, 0.29) is 29.2 Å². The Morgan fingerprint density at radius 3 is 2.25 bits per heavy atom. The van der Waals surface area contributed by atoms with Crippen molar-refractivity contribution in [2.45, 2.75) is 84.5 Å². The van der Waals surface area contributed by atoms with Crippen molar-refractivity contribution in [2.75, 3.05) is 18.6 Å².